The molecule has 6 heteroatoms. The van der Waals surface area contributed by atoms with Gasteiger partial charge >= 0.3 is 12.1 Å². The number of carboxylic acids is 1. The molecule has 1 amide bonds. The minimum atomic E-state index is -0.917. The summed E-state index contributed by atoms with van der Waals surface area (Å²) in [5, 5.41) is 9.64. The number of rotatable bonds is 4. The molecule has 0 saturated carbocycles. The van der Waals surface area contributed by atoms with Crippen LogP contribution in [-0.2, 0) is 9.53 Å². The maximum atomic E-state index is 12.7. The van der Waals surface area contributed by atoms with Crippen LogP contribution in [0.1, 0.15) is 29.9 Å². The van der Waals surface area contributed by atoms with Gasteiger partial charge in [-0.25, -0.2) is 4.79 Å². The van der Waals surface area contributed by atoms with Gasteiger partial charge in [0.05, 0.1) is 0 Å². The predicted octanol–water partition coefficient (Wildman–Crippen LogP) is 3.42. The highest BCUT2D eigenvalue weighted by Gasteiger charge is 2.44. The lowest BCUT2D eigenvalue weighted by molar-refractivity contribution is -0.153. The van der Waals surface area contributed by atoms with Crippen LogP contribution in [0.5, 0.6) is 0 Å². The fourth-order valence-corrected chi connectivity index (χ4v) is 4.60. The summed E-state index contributed by atoms with van der Waals surface area (Å²) in [5.41, 5.74) is 3.83. The van der Waals surface area contributed by atoms with Crippen molar-refractivity contribution >= 4 is 12.1 Å². The Balaban J connectivity index is 1.43. The first kappa shape index (κ1) is 19.5. The lowest BCUT2D eigenvalue weighted by atomic mass is 9.86. The number of likely N-dealkylation sites (N-methyl/N-ethyl adjacent to an activating group) is 1. The molecule has 4 rings (SSSR count). The van der Waals surface area contributed by atoms with E-state index in [1.165, 1.54) is 22.3 Å². The van der Waals surface area contributed by atoms with Gasteiger partial charge in [-0.1, -0.05) is 48.5 Å². The molecule has 1 saturated heterocycles. The van der Waals surface area contributed by atoms with Crippen molar-refractivity contribution in [3.05, 3.63) is 59.7 Å². The fourth-order valence-electron chi connectivity index (χ4n) is 4.60. The Bertz CT molecular complexity index is 886. The van der Waals surface area contributed by atoms with Gasteiger partial charge in [-0.2, -0.15) is 0 Å². The Hall–Kier alpha value is -2.86. The van der Waals surface area contributed by atoms with E-state index in [-0.39, 0.29) is 18.6 Å². The zero-order chi connectivity index (χ0) is 20.6. The first-order chi connectivity index (χ1) is 13.9. The first-order valence-corrected chi connectivity index (χ1v) is 9.95. The molecule has 2 aromatic carbocycles. The smallest absolute Gasteiger partial charge is 0.409 e. The van der Waals surface area contributed by atoms with E-state index in [2.05, 4.69) is 24.3 Å². The Labute approximate surface area is 170 Å². The van der Waals surface area contributed by atoms with Gasteiger partial charge in [0.2, 0.25) is 0 Å². The Morgan fingerprint density at radius 3 is 2.03 bits per heavy atom. The van der Waals surface area contributed by atoms with Gasteiger partial charge in [-0.05, 0) is 49.2 Å². The number of piperidine rings is 1. The third kappa shape index (κ3) is 3.27. The fraction of sp³-hybridized carbons (Fsp3) is 0.391. The van der Waals surface area contributed by atoms with Crippen molar-refractivity contribution in [2.45, 2.75) is 24.3 Å². The summed E-state index contributed by atoms with van der Waals surface area (Å²) in [6.07, 6.45) is 0.406. The molecule has 2 aromatic rings. The Morgan fingerprint density at radius 1 is 1.03 bits per heavy atom. The quantitative estimate of drug-likeness (QED) is 0.861. The summed E-state index contributed by atoms with van der Waals surface area (Å²) in [5.74, 6) is -0.814. The third-order valence-electron chi connectivity index (χ3n) is 6.44. The maximum absolute atomic E-state index is 12.7. The molecule has 1 aliphatic carbocycles. The number of likely N-dealkylation sites (tertiary alicyclic amines) is 1. The molecule has 0 radical (unpaired) electrons. The van der Waals surface area contributed by atoms with Gasteiger partial charge in [-0.3, -0.25) is 9.69 Å². The number of carboxylic acid groups (broad SMARTS) is 1. The number of benzene rings is 2. The van der Waals surface area contributed by atoms with E-state index in [9.17, 15) is 14.7 Å². The molecule has 0 unspecified atom stereocenters. The van der Waals surface area contributed by atoms with Gasteiger partial charge in [-0.15, -0.1) is 0 Å². The summed E-state index contributed by atoms with van der Waals surface area (Å²) in [4.78, 5) is 27.8. The standard InChI is InChI=1S/C23H26N2O4/c1-24(2)23(21(26)27)11-13-25(14-12-23)22(28)29-15-20-18-9-5-3-7-16(18)17-8-4-6-10-19(17)20/h3-10,20H,11-15H2,1-2H3,(H,26,27). The molecule has 29 heavy (non-hydrogen) atoms. The van der Waals surface area contributed by atoms with Gasteiger partial charge in [0.25, 0.3) is 0 Å². The van der Waals surface area contributed by atoms with E-state index in [0.29, 0.717) is 25.9 Å². The molecule has 0 aromatic heterocycles. The summed E-state index contributed by atoms with van der Waals surface area (Å²) < 4.78 is 5.69. The number of nitrogens with zero attached hydrogens (tertiary/aromatic N) is 2. The van der Waals surface area contributed by atoms with Crippen LogP contribution in [0.2, 0.25) is 0 Å². The van der Waals surface area contributed by atoms with Crippen LogP contribution in [-0.4, -0.2) is 66.3 Å². The molecule has 6 nitrogen and oxygen atoms in total. The molecule has 0 atom stereocenters. The predicted molar refractivity (Wildman–Crippen MR) is 110 cm³/mol. The van der Waals surface area contributed by atoms with Gasteiger partial charge in [0.15, 0.2) is 0 Å². The second-order valence-corrected chi connectivity index (χ2v) is 8.02. The van der Waals surface area contributed by atoms with Crippen molar-refractivity contribution < 1.29 is 19.4 Å². The highest BCUT2D eigenvalue weighted by molar-refractivity contribution is 5.80. The van der Waals surface area contributed by atoms with Crippen molar-refractivity contribution in [3.8, 4) is 11.1 Å². The van der Waals surface area contributed by atoms with Crippen LogP contribution in [0, 0.1) is 0 Å². The Morgan fingerprint density at radius 2 is 1.55 bits per heavy atom. The number of carbonyl (C=O) groups is 2. The van der Waals surface area contributed by atoms with Crippen LogP contribution >= 0.6 is 0 Å². The van der Waals surface area contributed by atoms with E-state index in [4.69, 9.17) is 4.74 Å². The van der Waals surface area contributed by atoms with E-state index in [0.717, 1.165) is 0 Å². The first-order valence-electron chi connectivity index (χ1n) is 9.95. The maximum Gasteiger partial charge on any atom is 0.409 e. The SMILES string of the molecule is CN(C)C1(C(=O)O)CCN(C(=O)OCC2c3ccccc3-c3ccccc32)CC1. The summed E-state index contributed by atoms with van der Waals surface area (Å²) in [6.45, 7) is 1.03. The van der Waals surface area contributed by atoms with Crippen LogP contribution in [0.4, 0.5) is 4.79 Å². The molecule has 2 aliphatic rings. The average molecular weight is 394 g/mol. The van der Waals surface area contributed by atoms with E-state index < -0.39 is 11.5 Å². The van der Waals surface area contributed by atoms with Gasteiger partial charge in [0, 0.05) is 19.0 Å². The number of fused-ring (bicyclic) bond motifs is 3. The molecule has 152 valence electrons. The summed E-state index contributed by atoms with van der Waals surface area (Å²) in [7, 11) is 3.55. The van der Waals surface area contributed by atoms with E-state index >= 15 is 0 Å². The third-order valence-corrected chi connectivity index (χ3v) is 6.44. The minimum Gasteiger partial charge on any atom is -0.480 e. The average Bonchev–Trinajstić information content (AvgIpc) is 3.05. The second-order valence-electron chi connectivity index (χ2n) is 8.02. The molecular formula is C23H26N2O4. The van der Waals surface area contributed by atoms with Crippen LogP contribution in [0.15, 0.2) is 48.5 Å². The lowest BCUT2D eigenvalue weighted by Gasteiger charge is -2.42. The molecular weight excluding hydrogens is 368 g/mol. The van der Waals surface area contributed by atoms with Gasteiger partial charge in [0.1, 0.15) is 12.1 Å². The van der Waals surface area contributed by atoms with E-state index in [1.807, 2.05) is 24.3 Å². The molecule has 1 heterocycles. The van der Waals surface area contributed by atoms with Crippen LogP contribution in [0.3, 0.4) is 0 Å². The number of hydrogen-bond acceptors (Lipinski definition) is 4. The largest absolute Gasteiger partial charge is 0.480 e. The van der Waals surface area contributed by atoms with Crippen LogP contribution in [0.25, 0.3) is 11.1 Å². The number of ether oxygens (including phenoxy) is 1. The van der Waals surface area contributed by atoms with E-state index in [1.54, 1.807) is 23.9 Å². The topological polar surface area (TPSA) is 70.1 Å². The number of hydrogen-bond donors (Lipinski definition) is 1. The normalized spacial score (nSPS) is 17.7. The molecule has 1 aliphatic heterocycles. The van der Waals surface area contributed by atoms with Crippen molar-refractivity contribution in [2.24, 2.45) is 0 Å². The van der Waals surface area contributed by atoms with Crippen molar-refractivity contribution in [2.75, 3.05) is 33.8 Å². The molecule has 1 fully saturated rings. The van der Waals surface area contributed by atoms with Crippen molar-refractivity contribution in [1.82, 2.24) is 9.80 Å². The highest BCUT2D eigenvalue weighted by Crippen LogP contribution is 2.44. The number of amides is 1. The number of carbonyl (C=O) groups excluding carboxylic acids is 1. The van der Waals surface area contributed by atoms with Crippen molar-refractivity contribution in [1.29, 1.82) is 0 Å². The monoisotopic (exact) mass is 394 g/mol. The zero-order valence-corrected chi connectivity index (χ0v) is 16.8. The summed E-state index contributed by atoms with van der Waals surface area (Å²) >= 11 is 0. The minimum absolute atomic E-state index is 0.0241. The molecule has 0 bridgehead atoms. The van der Waals surface area contributed by atoms with Crippen LogP contribution < -0.4 is 0 Å². The highest BCUT2D eigenvalue weighted by atomic mass is 16.6. The number of aliphatic carboxylic acids is 1. The second kappa shape index (κ2) is 7.52. The summed E-state index contributed by atoms with van der Waals surface area (Å²) in [6, 6.07) is 16.5. The lowest BCUT2D eigenvalue weighted by Crippen LogP contribution is -2.58. The molecule has 1 N–H and O–H groups in total. The Kier molecular flexibility index (Phi) is 5.04. The van der Waals surface area contributed by atoms with Gasteiger partial charge < -0.3 is 14.7 Å². The zero-order valence-electron chi connectivity index (χ0n) is 16.8. The van der Waals surface area contributed by atoms with Crippen molar-refractivity contribution in [3.63, 3.8) is 0 Å². The molecule has 0 spiro atoms.